The number of halogens is 2. The first-order valence-corrected chi connectivity index (χ1v) is 7.64. The number of rotatable bonds is 3. The molecule has 0 bridgehead atoms. The third-order valence-corrected chi connectivity index (χ3v) is 3.18. The first-order chi connectivity index (χ1) is 6.98. The molecule has 2 rings (SSSR count). The van der Waals surface area contributed by atoms with Gasteiger partial charge in [0.05, 0.1) is 18.8 Å². The van der Waals surface area contributed by atoms with Crippen molar-refractivity contribution < 1.29 is 49.8 Å². The van der Waals surface area contributed by atoms with Crippen LogP contribution in [0.2, 0.25) is 0 Å². The molecule has 16 heavy (non-hydrogen) atoms. The van der Waals surface area contributed by atoms with E-state index in [4.69, 9.17) is 41.2 Å². The number of fused-ring (bicyclic) bond motifs is 1. The molecule has 2 aliphatic heterocycles. The Labute approximate surface area is 129 Å². The van der Waals surface area contributed by atoms with Gasteiger partial charge in [0.25, 0.3) is 0 Å². The molecule has 2 heterocycles. The van der Waals surface area contributed by atoms with Crippen molar-refractivity contribution in [2.24, 2.45) is 0 Å². The van der Waals surface area contributed by atoms with Gasteiger partial charge in [-0.05, 0) is 42.4 Å². The van der Waals surface area contributed by atoms with Gasteiger partial charge in [0.1, 0.15) is 0 Å². The average molecular weight is 512 g/mol. The second kappa shape index (κ2) is 6.37. The minimum atomic E-state index is -1.40. The summed E-state index contributed by atoms with van der Waals surface area (Å²) in [6, 6.07) is 0. The zero-order valence-corrected chi connectivity index (χ0v) is 15.4. The zero-order valence-electron chi connectivity index (χ0n) is 8.85. The van der Waals surface area contributed by atoms with E-state index in [2.05, 4.69) is 0 Å². The van der Waals surface area contributed by atoms with Crippen LogP contribution in [-0.4, -0.2) is 30.7 Å². The van der Waals surface area contributed by atoms with E-state index in [0.29, 0.717) is 6.61 Å². The predicted molar refractivity (Wildman–Crippen MR) is 57.6 cm³/mol. The number of hydrogen-bond donors (Lipinski definition) is 0. The summed E-state index contributed by atoms with van der Waals surface area (Å²) in [6.45, 7) is 4.28. The molecule has 2 fully saturated rings. The standard InChI is InChI=1S/C8H12Cl2O4P.U/c1-8(2)13-6-3-11-5(7(6)14-8)4-12-15(9)10;/h3,5-7H,4H2,1-2H3;/q-1;/t5-,6?,7?;/m1./s1. The van der Waals surface area contributed by atoms with Crippen molar-refractivity contribution in [1.29, 1.82) is 0 Å². The van der Waals surface area contributed by atoms with Gasteiger partial charge < -0.3 is 18.7 Å². The fourth-order valence-corrected chi connectivity index (χ4v) is 2.33. The van der Waals surface area contributed by atoms with Crippen LogP contribution in [0.1, 0.15) is 13.8 Å². The Morgan fingerprint density at radius 3 is 2.69 bits per heavy atom. The summed E-state index contributed by atoms with van der Waals surface area (Å²) in [6.07, 6.45) is -0.465. The van der Waals surface area contributed by atoms with Gasteiger partial charge in [0.2, 0.25) is 6.85 Å². The van der Waals surface area contributed by atoms with E-state index in [9.17, 15) is 0 Å². The van der Waals surface area contributed by atoms with Crippen LogP contribution < -0.4 is 0 Å². The Balaban J connectivity index is 0.00000128. The Morgan fingerprint density at radius 2 is 2.06 bits per heavy atom. The van der Waals surface area contributed by atoms with Crippen LogP contribution in [0.25, 0.3) is 0 Å². The maximum absolute atomic E-state index is 5.68. The fraction of sp³-hybridized carbons (Fsp3) is 0.875. The summed E-state index contributed by atoms with van der Waals surface area (Å²) in [4.78, 5) is 0. The minimum Gasteiger partial charge on any atom is -0.544 e. The van der Waals surface area contributed by atoms with Gasteiger partial charge in [-0.2, -0.15) is 6.61 Å². The summed E-state index contributed by atoms with van der Waals surface area (Å²) in [7, 11) is 0. The Hall–Kier alpha value is 1.90. The van der Waals surface area contributed by atoms with Gasteiger partial charge in [0, 0.05) is 31.1 Å². The average Bonchev–Trinajstić information content (AvgIpc) is 2.56. The molecule has 2 aliphatic rings. The van der Waals surface area contributed by atoms with E-state index in [1.54, 1.807) is 6.61 Å². The predicted octanol–water partition coefficient (Wildman–Crippen LogP) is 2.79. The summed E-state index contributed by atoms with van der Waals surface area (Å²) in [5, 5.41) is 0. The number of ether oxygens (including phenoxy) is 3. The Kier molecular flexibility index (Phi) is 6.35. The summed E-state index contributed by atoms with van der Waals surface area (Å²) < 4.78 is 21.7. The SMILES string of the molecule is CC1(C)OC2[CH-]O[C@H](COP(Cl)Cl)C2O1.[U]. The van der Waals surface area contributed by atoms with E-state index < -0.39 is 12.6 Å². The normalized spacial score (nSPS) is 36.2. The largest absolute Gasteiger partial charge is 0.544 e. The van der Waals surface area contributed by atoms with Crippen LogP contribution >= 0.6 is 29.3 Å². The Morgan fingerprint density at radius 1 is 1.38 bits per heavy atom. The maximum Gasteiger partial charge on any atom is 0.225 e. The molecule has 2 saturated heterocycles. The van der Waals surface area contributed by atoms with Crippen LogP contribution in [0.4, 0.5) is 0 Å². The minimum absolute atomic E-state index is 0. The van der Waals surface area contributed by atoms with Gasteiger partial charge in [-0.25, -0.2) is 0 Å². The molecule has 2 unspecified atom stereocenters. The van der Waals surface area contributed by atoms with Crippen molar-refractivity contribution >= 4 is 29.3 Å². The van der Waals surface area contributed by atoms with E-state index in [0.717, 1.165) is 0 Å². The smallest absolute Gasteiger partial charge is 0.225 e. The van der Waals surface area contributed by atoms with Gasteiger partial charge in [-0.15, -0.1) is 0 Å². The zero-order chi connectivity index (χ0) is 11.1. The van der Waals surface area contributed by atoms with Gasteiger partial charge in [0.15, 0.2) is 5.79 Å². The molecule has 0 spiro atoms. The molecular weight excluding hydrogens is 500 g/mol. The molecule has 3 atom stereocenters. The van der Waals surface area contributed by atoms with Gasteiger partial charge >= 0.3 is 0 Å². The molecule has 92 valence electrons. The third kappa shape index (κ3) is 3.95. The van der Waals surface area contributed by atoms with Crippen LogP contribution in [0.15, 0.2) is 0 Å². The van der Waals surface area contributed by atoms with Crippen LogP contribution in [-0.2, 0) is 18.7 Å². The van der Waals surface area contributed by atoms with E-state index in [-0.39, 0.29) is 49.4 Å². The van der Waals surface area contributed by atoms with Crippen molar-refractivity contribution in [3.05, 3.63) is 6.61 Å². The van der Waals surface area contributed by atoms with Gasteiger partial charge in [-0.1, -0.05) is 0 Å². The third-order valence-electron chi connectivity index (χ3n) is 2.25. The van der Waals surface area contributed by atoms with Crippen molar-refractivity contribution in [3.63, 3.8) is 0 Å². The molecular formula is C8H12Cl2O4PU-. The molecule has 0 aromatic carbocycles. The second-order valence-corrected chi connectivity index (χ2v) is 6.90. The molecule has 0 aliphatic carbocycles. The molecule has 0 aromatic rings. The van der Waals surface area contributed by atoms with Gasteiger partial charge in [-0.3, -0.25) is 0 Å². The molecule has 0 amide bonds. The molecule has 8 heteroatoms. The van der Waals surface area contributed by atoms with E-state index >= 15 is 0 Å². The second-order valence-electron chi connectivity index (χ2n) is 3.87. The topological polar surface area (TPSA) is 36.9 Å². The molecule has 0 aromatic heterocycles. The maximum atomic E-state index is 5.68. The molecule has 0 N–H and O–H groups in total. The summed E-state index contributed by atoms with van der Waals surface area (Å²) in [5.74, 6) is -0.569. The van der Waals surface area contributed by atoms with Crippen molar-refractivity contribution in [1.82, 2.24) is 0 Å². The summed E-state index contributed by atoms with van der Waals surface area (Å²) in [5.41, 5.74) is 0. The first kappa shape index (κ1) is 16.0. The van der Waals surface area contributed by atoms with Crippen molar-refractivity contribution in [2.75, 3.05) is 6.61 Å². The van der Waals surface area contributed by atoms with Crippen molar-refractivity contribution in [2.45, 2.75) is 37.9 Å². The first-order valence-electron chi connectivity index (χ1n) is 4.57. The monoisotopic (exact) mass is 511 g/mol. The molecule has 0 saturated carbocycles. The molecule has 0 radical (unpaired) electrons. The van der Waals surface area contributed by atoms with E-state index in [1.807, 2.05) is 13.8 Å². The van der Waals surface area contributed by atoms with Crippen LogP contribution in [0, 0.1) is 37.7 Å². The fourth-order valence-electron chi connectivity index (χ4n) is 1.73. The van der Waals surface area contributed by atoms with Crippen molar-refractivity contribution in [3.8, 4) is 0 Å². The van der Waals surface area contributed by atoms with Crippen LogP contribution in [0.3, 0.4) is 0 Å². The number of hydrogen-bond acceptors (Lipinski definition) is 4. The Bertz CT molecular complexity index is 244. The molecule has 4 nitrogen and oxygen atoms in total. The summed E-state index contributed by atoms with van der Waals surface area (Å²) >= 11 is 11.1. The van der Waals surface area contributed by atoms with E-state index in [1.165, 1.54) is 0 Å². The van der Waals surface area contributed by atoms with Crippen LogP contribution in [0.5, 0.6) is 0 Å². The quantitative estimate of drug-likeness (QED) is 0.431.